The van der Waals surface area contributed by atoms with Crippen molar-refractivity contribution in [3.8, 4) is 0 Å². The highest BCUT2D eigenvalue weighted by Gasteiger charge is 2.08. The number of rotatable bonds is 3. The molecule has 1 heterocycles. The molecule has 0 unspecified atom stereocenters. The lowest BCUT2D eigenvalue weighted by Gasteiger charge is -2.09. The minimum absolute atomic E-state index is 0.0207. The van der Waals surface area contributed by atoms with Crippen molar-refractivity contribution in [2.75, 3.05) is 0 Å². The second kappa shape index (κ2) is 5.25. The fraction of sp³-hybridized carbons (Fsp3) is 0.250. The van der Waals surface area contributed by atoms with Crippen LogP contribution >= 0.6 is 27.7 Å². The first-order valence-electron chi connectivity index (χ1n) is 5.21. The van der Waals surface area contributed by atoms with Crippen molar-refractivity contribution in [3.05, 3.63) is 40.2 Å². The quantitative estimate of drug-likeness (QED) is 0.933. The molecule has 1 aromatic carbocycles. The topological polar surface area (TPSA) is 52.0 Å². The smallest absolute Gasteiger partial charge is 0.260 e. The summed E-state index contributed by atoms with van der Waals surface area (Å²) >= 11 is 5.02. The fourth-order valence-electron chi connectivity index (χ4n) is 1.42. The Hall–Kier alpha value is -0.780. The first-order chi connectivity index (χ1) is 8.06. The zero-order valence-electron chi connectivity index (χ0n) is 9.61. The van der Waals surface area contributed by atoms with Crippen LogP contribution in [0.5, 0.6) is 0 Å². The van der Waals surface area contributed by atoms with Gasteiger partial charge in [0.05, 0.1) is 5.69 Å². The van der Waals surface area contributed by atoms with E-state index >= 15 is 0 Å². The van der Waals surface area contributed by atoms with Crippen molar-refractivity contribution in [1.82, 2.24) is 4.98 Å². The zero-order chi connectivity index (χ0) is 12.4. The molecule has 90 valence electrons. The van der Waals surface area contributed by atoms with Gasteiger partial charge in [0.2, 0.25) is 0 Å². The summed E-state index contributed by atoms with van der Waals surface area (Å²) in [5.41, 5.74) is 7.84. The second-order valence-electron chi connectivity index (χ2n) is 3.83. The van der Waals surface area contributed by atoms with Crippen molar-refractivity contribution in [2.45, 2.75) is 30.0 Å². The molecule has 2 rings (SSSR count). The highest BCUT2D eigenvalue weighted by molar-refractivity contribution is 9.10. The number of nitrogens with zero attached hydrogens (tertiary/aromatic N) is 1. The summed E-state index contributed by atoms with van der Waals surface area (Å²) in [5.74, 6) is 0. The van der Waals surface area contributed by atoms with Crippen LogP contribution in [-0.4, -0.2) is 4.98 Å². The van der Waals surface area contributed by atoms with Gasteiger partial charge in [0, 0.05) is 15.4 Å². The zero-order valence-corrected chi connectivity index (χ0v) is 12.0. The van der Waals surface area contributed by atoms with Crippen molar-refractivity contribution in [3.63, 3.8) is 0 Å². The molecule has 17 heavy (non-hydrogen) atoms. The van der Waals surface area contributed by atoms with Crippen molar-refractivity contribution in [2.24, 2.45) is 5.73 Å². The Bertz CT molecular complexity index is 525. The van der Waals surface area contributed by atoms with Crippen LogP contribution in [0.2, 0.25) is 0 Å². The SMILES string of the molecule is Cc1coc(Sc2ccc([C@H](C)N)c(Br)c2)n1. The van der Waals surface area contributed by atoms with Gasteiger partial charge in [-0.1, -0.05) is 22.0 Å². The Morgan fingerprint density at radius 3 is 2.76 bits per heavy atom. The van der Waals surface area contributed by atoms with E-state index in [4.69, 9.17) is 10.2 Å². The number of oxazole rings is 1. The maximum Gasteiger partial charge on any atom is 0.260 e. The highest BCUT2D eigenvalue weighted by atomic mass is 79.9. The van der Waals surface area contributed by atoms with E-state index in [1.54, 1.807) is 6.26 Å². The lowest BCUT2D eigenvalue weighted by Crippen LogP contribution is -2.05. The van der Waals surface area contributed by atoms with Gasteiger partial charge in [0.1, 0.15) is 6.26 Å². The first-order valence-corrected chi connectivity index (χ1v) is 6.82. The van der Waals surface area contributed by atoms with Crippen molar-refractivity contribution >= 4 is 27.7 Å². The average Bonchev–Trinajstić information content (AvgIpc) is 2.63. The summed E-state index contributed by atoms with van der Waals surface area (Å²) in [6.07, 6.45) is 1.65. The number of benzene rings is 1. The number of hydrogen-bond acceptors (Lipinski definition) is 4. The molecule has 0 amide bonds. The number of hydrogen-bond donors (Lipinski definition) is 1. The summed E-state index contributed by atoms with van der Waals surface area (Å²) in [4.78, 5) is 5.32. The molecule has 1 atom stereocenters. The van der Waals surface area contributed by atoms with Crippen LogP contribution in [-0.2, 0) is 0 Å². The number of aromatic nitrogens is 1. The van der Waals surface area contributed by atoms with E-state index in [0.29, 0.717) is 5.22 Å². The third-order valence-corrected chi connectivity index (χ3v) is 3.80. The van der Waals surface area contributed by atoms with Gasteiger partial charge in [0.15, 0.2) is 0 Å². The highest BCUT2D eigenvalue weighted by Crippen LogP contribution is 2.31. The largest absolute Gasteiger partial charge is 0.439 e. The molecular weight excluding hydrogens is 300 g/mol. The van der Waals surface area contributed by atoms with Crippen LogP contribution < -0.4 is 5.73 Å². The molecule has 5 heteroatoms. The molecule has 0 radical (unpaired) electrons. The molecule has 0 bridgehead atoms. The molecule has 0 aliphatic carbocycles. The van der Waals surface area contributed by atoms with E-state index in [-0.39, 0.29) is 6.04 Å². The van der Waals surface area contributed by atoms with E-state index in [9.17, 15) is 0 Å². The Kier molecular flexibility index (Phi) is 3.91. The minimum atomic E-state index is 0.0207. The van der Waals surface area contributed by atoms with Gasteiger partial charge in [-0.3, -0.25) is 0 Å². The first kappa shape index (κ1) is 12.7. The molecule has 0 spiro atoms. The summed E-state index contributed by atoms with van der Waals surface area (Å²) in [7, 11) is 0. The normalized spacial score (nSPS) is 12.7. The van der Waals surface area contributed by atoms with Gasteiger partial charge < -0.3 is 10.2 Å². The minimum Gasteiger partial charge on any atom is -0.439 e. The van der Waals surface area contributed by atoms with E-state index in [1.165, 1.54) is 11.8 Å². The Morgan fingerprint density at radius 1 is 1.47 bits per heavy atom. The van der Waals surface area contributed by atoms with Gasteiger partial charge in [-0.05, 0) is 43.3 Å². The molecule has 3 nitrogen and oxygen atoms in total. The van der Waals surface area contributed by atoms with E-state index in [2.05, 4.69) is 20.9 Å². The fourth-order valence-corrected chi connectivity index (χ4v) is 3.11. The van der Waals surface area contributed by atoms with Gasteiger partial charge in [-0.25, -0.2) is 4.98 Å². The molecule has 0 saturated heterocycles. The summed E-state index contributed by atoms with van der Waals surface area (Å²) < 4.78 is 6.31. The van der Waals surface area contributed by atoms with Crippen LogP contribution in [0.3, 0.4) is 0 Å². The average molecular weight is 313 g/mol. The van der Waals surface area contributed by atoms with Crippen LogP contribution in [0.4, 0.5) is 0 Å². The van der Waals surface area contributed by atoms with Gasteiger partial charge in [-0.15, -0.1) is 0 Å². The number of halogens is 1. The molecule has 0 saturated carbocycles. The Balaban J connectivity index is 2.20. The summed E-state index contributed by atoms with van der Waals surface area (Å²) in [5, 5.41) is 0.656. The lowest BCUT2D eigenvalue weighted by atomic mass is 10.1. The van der Waals surface area contributed by atoms with Crippen molar-refractivity contribution < 1.29 is 4.42 Å². The predicted molar refractivity (Wildman–Crippen MR) is 72.1 cm³/mol. The van der Waals surface area contributed by atoms with Crippen LogP contribution in [0.25, 0.3) is 0 Å². The van der Waals surface area contributed by atoms with E-state index in [1.807, 2.05) is 32.0 Å². The molecule has 0 aliphatic heterocycles. The molecule has 2 N–H and O–H groups in total. The number of aryl methyl sites for hydroxylation is 1. The third-order valence-electron chi connectivity index (χ3n) is 2.27. The Labute approximate surface area is 113 Å². The van der Waals surface area contributed by atoms with Crippen LogP contribution in [0.1, 0.15) is 24.2 Å². The molecule has 0 aliphatic rings. The van der Waals surface area contributed by atoms with Crippen molar-refractivity contribution in [1.29, 1.82) is 0 Å². The Morgan fingerprint density at radius 2 is 2.24 bits per heavy atom. The lowest BCUT2D eigenvalue weighted by molar-refractivity contribution is 0.454. The van der Waals surface area contributed by atoms with Gasteiger partial charge in [0.25, 0.3) is 5.22 Å². The molecule has 2 aromatic rings. The van der Waals surface area contributed by atoms with Crippen LogP contribution in [0.15, 0.2) is 43.5 Å². The van der Waals surface area contributed by atoms with E-state index in [0.717, 1.165) is 20.6 Å². The monoisotopic (exact) mass is 312 g/mol. The second-order valence-corrected chi connectivity index (χ2v) is 5.71. The van der Waals surface area contributed by atoms with E-state index < -0.39 is 0 Å². The molecule has 1 aromatic heterocycles. The maximum absolute atomic E-state index is 5.85. The number of nitrogens with two attached hydrogens (primary N) is 1. The van der Waals surface area contributed by atoms with Crippen LogP contribution in [0, 0.1) is 6.92 Å². The maximum atomic E-state index is 5.85. The third kappa shape index (κ3) is 3.12. The predicted octanol–water partition coefficient (Wildman–Crippen LogP) is 3.92. The standard InChI is InChI=1S/C12H13BrN2OS/c1-7-6-16-12(15-7)17-9-3-4-10(8(2)14)11(13)5-9/h3-6,8H,14H2,1-2H3/t8-/m0/s1. The van der Waals surface area contributed by atoms with Gasteiger partial charge in [-0.2, -0.15) is 0 Å². The summed E-state index contributed by atoms with van der Waals surface area (Å²) in [6, 6.07) is 6.09. The molecular formula is C12H13BrN2OS. The molecule has 0 fully saturated rings. The summed E-state index contributed by atoms with van der Waals surface area (Å²) in [6.45, 7) is 3.87. The van der Waals surface area contributed by atoms with Gasteiger partial charge >= 0.3 is 0 Å².